The number of carbonyl (C=O) groups is 1. The molecule has 0 aliphatic carbocycles. The summed E-state index contributed by atoms with van der Waals surface area (Å²) in [6.07, 6.45) is -0.722. The Bertz CT molecular complexity index is 601. The van der Waals surface area contributed by atoms with Gasteiger partial charge in [-0.05, 0) is 43.3 Å². The van der Waals surface area contributed by atoms with E-state index in [-0.39, 0.29) is 11.7 Å². The van der Waals surface area contributed by atoms with Crippen LogP contribution in [0.25, 0.3) is 0 Å². The minimum absolute atomic E-state index is 0.337. The van der Waals surface area contributed by atoms with Gasteiger partial charge in [-0.25, -0.2) is 4.39 Å². The lowest BCUT2D eigenvalue weighted by Crippen LogP contribution is -2.30. The molecule has 3 nitrogen and oxygen atoms in total. The first kappa shape index (κ1) is 14.3. The number of halogens is 2. The van der Waals surface area contributed by atoms with Crippen molar-refractivity contribution in [2.75, 3.05) is 5.32 Å². The lowest BCUT2D eigenvalue weighted by molar-refractivity contribution is -0.122. The largest absolute Gasteiger partial charge is 0.479 e. The fourth-order valence-corrected chi connectivity index (χ4v) is 1.74. The van der Waals surface area contributed by atoms with Gasteiger partial charge in [-0.3, -0.25) is 4.79 Å². The fourth-order valence-electron chi connectivity index (χ4n) is 1.56. The van der Waals surface area contributed by atoms with Crippen LogP contribution in [-0.2, 0) is 4.79 Å². The third kappa shape index (κ3) is 3.71. The summed E-state index contributed by atoms with van der Waals surface area (Å²) in [5.74, 6) is -0.254. The quantitative estimate of drug-likeness (QED) is 0.929. The number of rotatable bonds is 4. The van der Waals surface area contributed by atoms with Crippen LogP contribution >= 0.6 is 11.6 Å². The molecule has 0 fully saturated rings. The molecular weight excluding hydrogens is 281 g/mol. The van der Waals surface area contributed by atoms with Gasteiger partial charge in [0, 0.05) is 5.69 Å². The molecule has 1 N–H and O–H groups in total. The van der Waals surface area contributed by atoms with Gasteiger partial charge in [-0.15, -0.1) is 0 Å². The van der Waals surface area contributed by atoms with E-state index in [0.717, 1.165) is 0 Å². The molecule has 5 heteroatoms. The number of para-hydroxylation sites is 1. The van der Waals surface area contributed by atoms with Gasteiger partial charge in [0.15, 0.2) is 6.10 Å². The van der Waals surface area contributed by atoms with Crippen molar-refractivity contribution in [2.45, 2.75) is 13.0 Å². The lowest BCUT2D eigenvalue weighted by Gasteiger charge is -2.15. The van der Waals surface area contributed by atoms with E-state index in [1.807, 2.05) is 0 Å². The van der Waals surface area contributed by atoms with Crippen LogP contribution < -0.4 is 10.1 Å². The number of nitrogens with one attached hydrogen (secondary N) is 1. The van der Waals surface area contributed by atoms with Crippen LogP contribution in [0.5, 0.6) is 5.75 Å². The summed E-state index contributed by atoms with van der Waals surface area (Å²) in [5, 5.41) is 3.07. The predicted octanol–water partition coefficient (Wildman–Crippen LogP) is 3.89. The highest BCUT2D eigenvalue weighted by atomic mass is 35.5. The van der Waals surface area contributed by atoms with Crippen molar-refractivity contribution in [3.8, 4) is 5.75 Å². The van der Waals surface area contributed by atoms with Crippen molar-refractivity contribution in [3.05, 3.63) is 59.4 Å². The predicted molar refractivity (Wildman–Crippen MR) is 76.6 cm³/mol. The summed E-state index contributed by atoms with van der Waals surface area (Å²) >= 11 is 5.95. The van der Waals surface area contributed by atoms with Crippen molar-refractivity contribution in [3.63, 3.8) is 0 Å². The van der Waals surface area contributed by atoms with Crippen LogP contribution in [0.15, 0.2) is 48.5 Å². The van der Waals surface area contributed by atoms with Crippen molar-refractivity contribution >= 4 is 23.2 Å². The van der Waals surface area contributed by atoms with Crippen LogP contribution in [0, 0.1) is 5.82 Å². The molecule has 2 rings (SSSR count). The maximum absolute atomic E-state index is 12.8. The Balaban J connectivity index is 1.99. The molecule has 0 saturated carbocycles. The number of ether oxygens (including phenoxy) is 1. The van der Waals surface area contributed by atoms with E-state index < -0.39 is 6.10 Å². The number of anilines is 1. The Morgan fingerprint density at radius 1 is 1.20 bits per heavy atom. The van der Waals surface area contributed by atoms with E-state index in [2.05, 4.69) is 5.32 Å². The molecule has 0 bridgehead atoms. The average Bonchev–Trinajstić information content (AvgIpc) is 2.44. The molecule has 0 saturated heterocycles. The Labute approximate surface area is 121 Å². The molecule has 0 radical (unpaired) electrons. The van der Waals surface area contributed by atoms with Crippen LogP contribution in [-0.4, -0.2) is 12.0 Å². The maximum atomic E-state index is 12.8. The maximum Gasteiger partial charge on any atom is 0.265 e. The topological polar surface area (TPSA) is 38.3 Å². The van der Waals surface area contributed by atoms with Crippen molar-refractivity contribution in [1.82, 2.24) is 0 Å². The van der Waals surface area contributed by atoms with Gasteiger partial charge in [0.05, 0.1) is 5.02 Å². The number of amides is 1. The number of benzene rings is 2. The highest BCUT2D eigenvalue weighted by Gasteiger charge is 2.16. The van der Waals surface area contributed by atoms with Crippen LogP contribution in [0.4, 0.5) is 10.1 Å². The van der Waals surface area contributed by atoms with Crippen molar-refractivity contribution in [1.29, 1.82) is 0 Å². The zero-order chi connectivity index (χ0) is 14.5. The monoisotopic (exact) mass is 293 g/mol. The van der Waals surface area contributed by atoms with E-state index in [0.29, 0.717) is 16.5 Å². The van der Waals surface area contributed by atoms with Gasteiger partial charge >= 0.3 is 0 Å². The fraction of sp³-hybridized carbons (Fsp3) is 0.133. The second-order valence-electron chi connectivity index (χ2n) is 4.19. The minimum atomic E-state index is -0.722. The van der Waals surface area contributed by atoms with E-state index in [4.69, 9.17) is 16.3 Å². The normalized spacial score (nSPS) is 11.8. The molecule has 2 aromatic rings. The van der Waals surface area contributed by atoms with Gasteiger partial charge in [-0.1, -0.05) is 23.7 Å². The third-order valence-corrected chi connectivity index (χ3v) is 2.93. The van der Waals surface area contributed by atoms with Crippen LogP contribution in [0.1, 0.15) is 6.92 Å². The summed E-state index contributed by atoms with van der Waals surface area (Å²) in [4.78, 5) is 11.9. The van der Waals surface area contributed by atoms with E-state index in [1.165, 1.54) is 24.3 Å². The lowest BCUT2D eigenvalue weighted by atomic mass is 10.3. The molecule has 0 aromatic heterocycles. The van der Waals surface area contributed by atoms with Gasteiger partial charge in [-0.2, -0.15) is 0 Å². The molecular formula is C15H13ClFNO2. The summed E-state index contributed by atoms with van der Waals surface area (Å²) in [5.41, 5.74) is 0.506. The van der Waals surface area contributed by atoms with E-state index in [1.54, 1.807) is 31.2 Å². The van der Waals surface area contributed by atoms with Gasteiger partial charge in [0.25, 0.3) is 5.91 Å². The zero-order valence-electron chi connectivity index (χ0n) is 10.8. The van der Waals surface area contributed by atoms with E-state index in [9.17, 15) is 9.18 Å². The number of hydrogen-bond acceptors (Lipinski definition) is 2. The molecule has 0 spiro atoms. The Morgan fingerprint density at radius 2 is 1.85 bits per heavy atom. The molecule has 104 valence electrons. The molecule has 0 unspecified atom stereocenters. The standard InChI is InChI=1S/C15H13ClFNO2/c1-10(20-14-5-3-2-4-13(14)16)15(19)18-12-8-6-11(17)7-9-12/h2-10H,1H3,(H,18,19)/t10-/m0/s1. The van der Waals surface area contributed by atoms with E-state index >= 15 is 0 Å². The molecule has 2 aromatic carbocycles. The smallest absolute Gasteiger partial charge is 0.265 e. The zero-order valence-corrected chi connectivity index (χ0v) is 11.5. The Morgan fingerprint density at radius 3 is 2.50 bits per heavy atom. The summed E-state index contributed by atoms with van der Waals surface area (Å²) < 4.78 is 18.2. The first-order chi connectivity index (χ1) is 9.56. The van der Waals surface area contributed by atoms with Crippen molar-refractivity contribution < 1.29 is 13.9 Å². The molecule has 0 aliphatic heterocycles. The third-order valence-electron chi connectivity index (χ3n) is 2.62. The highest BCUT2D eigenvalue weighted by molar-refractivity contribution is 6.32. The van der Waals surface area contributed by atoms with Crippen LogP contribution in [0.2, 0.25) is 5.02 Å². The first-order valence-electron chi connectivity index (χ1n) is 6.04. The second-order valence-corrected chi connectivity index (χ2v) is 4.59. The molecule has 1 atom stereocenters. The summed E-state index contributed by atoms with van der Waals surface area (Å²) in [6, 6.07) is 12.4. The van der Waals surface area contributed by atoms with Gasteiger partial charge < -0.3 is 10.1 Å². The minimum Gasteiger partial charge on any atom is -0.479 e. The molecule has 0 aliphatic rings. The Hall–Kier alpha value is -2.07. The SMILES string of the molecule is C[C@H](Oc1ccccc1Cl)C(=O)Nc1ccc(F)cc1. The Kier molecular flexibility index (Phi) is 4.58. The summed E-state index contributed by atoms with van der Waals surface area (Å²) in [6.45, 7) is 1.61. The molecule has 1 amide bonds. The van der Waals surface area contributed by atoms with Crippen LogP contribution in [0.3, 0.4) is 0 Å². The van der Waals surface area contributed by atoms with Crippen molar-refractivity contribution in [2.24, 2.45) is 0 Å². The summed E-state index contributed by atoms with van der Waals surface area (Å²) in [7, 11) is 0. The first-order valence-corrected chi connectivity index (χ1v) is 6.41. The number of hydrogen-bond donors (Lipinski definition) is 1. The molecule has 0 heterocycles. The molecule has 20 heavy (non-hydrogen) atoms. The highest BCUT2D eigenvalue weighted by Crippen LogP contribution is 2.24. The van der Waals surface area contributed by atoms with Gasteiger partial charge in [0.1, 0.15) is 11.6 Å². The average molecular weight is 294 g/mol. The van der Waals surface area contributed by atoms with Gasteiger partial charge in [0.2, 0.25) is 0 Å². The second kappa shape index (κ2) is 6.39. The number of carbonyl (C=O) groups excluding carboxylic acids is 1.